The summed E-state index contributed by atoms with van der Waals surface area (Å²) in [6.07, 6.45) is 5.49. The van der Waals surface area contributed by atoms with Crippen LogP contribution in [0.4, 0.5) is 22.0 Å². The summed E-state index contributed by atoms with van der Waals surface area (Å²) in [5, 5.41) is 0. The summed E-state index contributed by atoms with van der Waals surface area (Å²) in [6.45, 7) is 10.4. The highest BCUT2D eigenvalue weighted by Gasteiger charge is 2.31. The highest BCUT2D eigenvalue weighted by Crippen LogP contribution is 2.22. The summed E-state index contributed by atoms with van der Waals surface area (Å²) in [6, 6.07) is 0. The maximum Gasteiger partial charge on any atom is 0.200 e. The molecule has 1 aromatic rings. The van der Waals surface area contributed by atoms with E-state index in [-0.39, 0.29) is 0 Å². The Bertz CT molecular complexity index is 670. The van der Waals surface area contributed by atoms with Crippen molar-refractivity contribution >= 4 is 11.6 Å². The molecule has 0 saturated heterocycles. The Hall–Kier alpha value is -2.63. The average Bonchev–Trinajstić information content (AvgIpc) is 2.59. The van der Waals surface area contributed by atoms with Gasteiger partial charge in [-0.2, -0.15) is 0 Å². The van der Waals surface area contributed by atoms with Crippen LogP contribution in [0.3, 0.4) is 0 Å². The van der Waals surface area contributed by atoms with Crippen molar-refractivity contribution in [2.24, 2.45) is 0 Å². The van der Waals surface area contributed by atoms with Gasteiger partial charge < -0.3 is 0 Å². The van der Waals surface area contributed by atoms with Gasteiger partial charge in [-0.25, -0.2) is 39.9 Å². The molecule has 0 atom stereocenters. The van der Waals surface area contributed by atoms with E-state index in [2.05, 4.69) is 19.7 Å². The van der Waals surface area contributed by atoms with Crippen LogP contribution in [0.15, 0.2) is 74.1 Å². The van der Waals surface area contributed by atoms with Crippen molar-refractivity contribution in [3.8, 4) is 0 Å². The number of hydrogen-bond acceptors (Lipinski definition) is 0. The van der Waals surface area contributed by atoms with Gasteiger partial charge in [0, 0.05) is 0 Å². The van der Waals surface area contributed by atoms with Crippen LogP contribution in [0.1, 0.15) is 0 Å². The van der Waals surface area contributed by atoms with Crippen molar-refractivity contribution in [2.45, 2.75) is 0 Å². The van der Waals surface area contributed by atoms with Crippen LogP contribution in [-0.2, 0) is 0 Å². The number of halogens is 5. The molecule has 1 aromatic carbocycles. The lowest BCUT2D eigenvalue weighted by Gasteiger charge is -2.32. The van der Waals surface area contributed by atoms with Gasteiger partial charge in [-0.3, -0.25) is 0 Å². The minimum Gasteiger partial charge on any atom is -0.232 e. The molecule has 0 nitrogen and oxygen atoms in total. The minimum absolute atomic E-state index is 0.944. The Labute approximate surface area is 137 Å². The van der Waals surface area contributed by atoms with Crippen LogP contribution in [0.5, 0.6) is 0 Å². The first-order chi connectivity index (χ1) is 11.4. The predicted octanol–water partition coefficient (Wildman–Crippen LogP) is 4.88. The van der Waals surface area contributed by atoms with E-state index in [0.717, 1.165) is 0 Å². The van der Waals surface area contributed by atoms with Gasteiger partial charge in [-0.15, -0.1) is 23.7 Å². The quantitative estimate of drug-likeness (QED) is 0.219. The van der Waals surface area contributed by atoms with E-state index >= 15 is 0 Å². The average molecular weight is 337 g/mol. The van der Waals surface area contributed by atoms with Gasteiger partial charge in [-0.05, 0) is 0 Å². The predicted molar refractivity (Wildman–Crippen MR) is 89.6 cm³/mol. The number of allylic oxidation sites excluding steroid dienone is 6. The van der Waals surface area contributed by atoms with Crippen molar-refractivity contribution in [1.29, 1.82) is 0 Å². The van der Waals surface area contributed by atoms with E-state index in [4.69, 9.17) is 0 Å². The van der Waals surface area contributed by atoms with E-state index in [0.29, 0.717) is 0 Å². The lowest BCUT2D eigenvalue weighted by molar-refractivity contribution is 0.384. The van der Waals surface area contributed by atoms with E-state index in [1.54, 1.807) is 0 Å². The molecule has 0 fully saturated rings. The zero-order valence-corrected chi connectivity index (χ0v) is 12.8. The van der Waals surface area contributed by atoms with Crippen LogP contribution < -0.4 is 5.46 Å². The molecule has 0 amide bonds. The first-order valence-electron chi connectivity index (χ1n) is 6.96. The van der Waals surface area contributed by atoms with E-state index in [1.807, 2.05) is 0 Å². The van der Waals surface area contributed by atoms with Gasteiger partial charge in [-0.1, -0.05) is 38.0 Å². The number of benzene rings is 1. The molecular weight excluding hydrogens is 322 g/mol. The van der Waals surface area contributed by atoms with Crippen LogP contribution in [0, 0.1) is 29.1 Å². The van der Waals surface area contributed by atoms with Crippen LogP contribution in [0.25, 0.3) is 0 Å². The Morgan fingerprint density at radius 3 is 1.12 bits per heavy atom. The van der Waals surface area contributed by atoms with Gasteiger partial charge in [0.25, 0.3) is 0 Å². The molecule has 0 bridgehead atoms. The van der Waals surface area contributed by atoms with E-state index < -0.39 is 40.7 Å². The van der Waals surface area contributed by atoms with Crippen molar-refractivity contribution in [3.63, 3.8) is 0 Å². The first kappa shape index (κ1) is 19.4. The minimum atomic E-state index is -2.57. The molecule has 24 heavy (non-hydrogen) atoms. The molecule has 6 heteroatoms. The van der Waals surface area contributed by atoms with Crippen LogP contribution in [-0.4, -0.2) is 6.15 Å². The molecule has 0 saturated carbocycles. The Balaban J connectivity index is 3.97. The van der Waals surface area contributed by atoms with Gasteiger partial charge in [0.2, 0.25) is 0 Å². The normalized spacial score (nSPS) is 12.4. The van der Waals surface area contributed by atoms with Crippen molar-refractivity contribution in [1.82, 2.24) is 0 Å². The summed E-state index contributed by atoms with van der Waals surface area (Å²) in [4.78, 5) is 0. The maximum atomic E-state index is 14.3. The molecule has 0 aliphatic carbocycles. The fraction of sp³-hybridized carbons (Fsp3) is 0. The fourth-order valence-electron chi connectivity index (χ4n) is 2.33. The summed E-state index contributed by atoms with van der Waals surface area (Å²) < 4.78 is 69.1. The second-order valence-electron chi connectivity index (χ2n) is 4.92. The van der Waals surface area contributed by atoms with Crippen molar-refractivity contribution in [2.75, 3.05) is 0 Å². The third-order valence-corrected chi connectivity index (χ3v) is 3.44. The van der Waals surface area contributed by atoms with Gasteiger partial charge in [0.05, 0.1) is 6.15 Å². The lowest BCUT2D eigenvalue weighted by Crippen LogP contribution is -2.48. The lowest BCUT2D eigenvalue weighted by atomic mass is 9.21. The molecule has 126 valence electrons. The van der Waals surface area contributed by atoms with Gasteiger partial charge in [0.1, 0.15) is 11.6 Å². The molecule has 0 aromatic heterocycles. The fourth-order valence-corrected chi connectivity index (χ4v) is 2.33. The van der Waals surface area contributed by atoms with E-state index in [1.165, 1.54) is 54.4 Å². The highest BCUT2D eigenvalue weighted by molar-refractivity contribution is 7.03. The van der Waals surface area contributed by atoms with E-state index in [9.17, 15) is 22.0 Å². The zero-order chi connectivity index (χ0) is 18.3. The first-order valence-corrected chi connectivity index (χ1v) is 6.96. The molecule has 0 aliphatic rings. The third kappa shape index (κ3) is 3.64. The summed E-state index contributed by atoms with van der Waals surface area (Å²) >= 11 is 0. The summed E-state index contributed by atoms with van der Waals surface area (Å²) in [7, 11) is 0. The maximum absolute atomic E-state index is 14.3. The smallest absolute Gasteiger partial charge is 0.200 e. The molecular formula is C18H15BF5-. The molecule has 0 spiro atoms. The molecule has 1 rings (SSSR count). The Morgan fingerprint density at radius 1 is 0.542 bits per heavy atom. The standard InChI is InChI=1S/C18H15BF5/c1-4-7-10-19(11-8-5-2,12-9-6-3)13-14(20)16(22)18(24)17(23)15(13)21/h4-12H,1-3H2/q-1/b10-7+,11-8+,12-9+. The Morgan fingerprint density at radius 2 is 0.833 bits per heavy atom. The molecule has 0 unspecified atom stereocenters. The van der Waals surface area contributed by atoms with Crippen LogP contribution >= 0.6 is 0 Å². The number of hydrogen-bond donors (Lipinski definition) is 0. The molecule has 0 N–H and O–H groups in total. The third-order valence-electron chi connectivity index (χ3n) is 3.44. The van der Waals surface area contributed by atoms with Gasteiger partial charge >= 0.3 is 0 Å². The number of rotatable bonds is 7. The largest absolute Gasteiger partial charge is 0.232 e. The zero-order valence-electron chi connectivity index (χ0n) is 12.8. The second kappa shape index (κ2) is 8.29. The molecule has 0 radical (unpaired) electrons. The van der Waals surface area contributed by atoms with Gasteiger partial charge in [0.15, 0.2) is 17.5 Å². The Kier molecular flexibility index (Phi) is 6.71. The monoisotopic (exact) mass is 337 g/mol. The topological polar surface area (TPSA) is 0 Å². The SMILES string of the molecule is C=C/C=C/[B-](/C=C/C=C)(/C=C/C=C)c1c(F)c(F)c(F)c(F)c1F. The highest BCUT2D eigenvalue weighted by atomic mass is 19.2. The molecule has 0 aliphatic heterocycles. The summed E-state index contributed by atoms with van der Waals surface area (Å²) in [5.74, 6) is -6.04. The van der Waals surface area contributed by atoms with Crippen molar-refractivity contribution in [3.05, 3.63) is 103 Å². The molecule has 0 heterocycles. The van der Waals surface area contributed by atoms with Crippen LogP contribution in [0.2, 0.25) is 0 Å². The second-order valence-corrected chi connectivity index (χ2v) is 4.92. The van der Waals surface area contributed by atoms with Crippen molar-refractivity contribution < 1.29 is 22.0 Å². The summed E-state index contributed by atoms with van der Waals surface area (Å²) in [5.41, 5.74) is -0.944.